The summed E-state index contributed by atoms with van der Waals surface area (Å²) in [5.74, 6) is 2.56. The maximum atomic E-state index is 6.55. The Balaban J connectivity index is 1.90. The smallest absolute Gasteiger partial charge is 0.188 e. The molecule has 0 fully saturated rings. The number of thiocarbonyl (C=S) groups is 1. The monoisotopic (exact) mass is 414 g/mol. The minimum Gasteiger partial charge on any atom is -0.480 e. The van der Waals surface area contributed by atoms with Crippen LogP contribution in [0.4, 0.5) is 5.82 Å². The van der Waals surface area contributed by atoms with Gasteiger partial charge in [-0.05, 0) is 88.8 Å². The summed E-state index contributed by atoms with van der Waals surface area (Å²) in [6.07, 6.45) is 1.65. The minimum absolute atomic E-state index is 0.232. The highest BCUT2D eigenvalue weighted by atomic mass is 32.1. The molecule has 0 radical (unpaired) electrons. The summed E-state index contributed by atoms with van der Waals surface area (Å²) >= 11 is 5.76. The molecular formula is C23H30N2O3S. The van der Waals surface area contributed by atoms with Gasteiger partial charge in [0.1, 0.15) is 22.3 Å². The number of nitrogens with one attached hydrogen (secondary N) is 1. The van der Waals surface area contributed by atoms with Gasteiger partial charge in [0.2, 0.25) is 0 Å². The van der Waals surface area contributed by atoms with Crippen molar-refractivity contribution < 1.29 is 14.2 Å². The molecule has 1 aliphatic heterocycles. The topological polar surface area (TPSA) is 52.6 Å². The number of rotatable bonds is 5. The van der Waals surface area contributed by atoms with Crippen LogP contribution in [0.1, 0.15) is 46.9 Å². The molecule has 0 aliphatic carbocycles. The maximum absolute atomic E-state index is 6.55. The van der Waals surface area contributed by atoms with Crippen molar-refractivity contribution >= 4 is 23.0 Å². The molecule has 0 saturated heterocycles. The van der Waals surface area contributed by atoms with E-state index in [-0.39, 0.29) is 6.79 Å². The molecule has 2 heterocycles. The fourth-order valence-electron chi connectivity index (χ4n) is 3.88. The van der Waals surface area contributed by atoms with Gasteiger partial charge >= 0.3 is 0 Å². The maximum Gasteiger partial charge on any atom is 0.188 e. The molecule has 3 rings (SSSR count). The lowest BCUT2D eigenvalue weighted by Crippen LogP contribution is -2.47. The molecule has 5 nitrogen and oxygen atoms in total. The largest absolute Gasteiger partial charge is 0.480 e. The van der Waals surface area contributed by atoms with Gasteiger partial charge in [-0.2, -0.15) is 0 Å². The number of aromatic nitrogens is 1. The lowest BCUT2D eigenvalue weighted by atomic mass is 9.87. The molecule has 1 N–H and O–H groups in total. The first kappa shape index (κ1) is 21.5. The lowest BCUT2D eigenvalue weighted by molar-refractivity contribution is 0.0496. The quantitative estimate of drug-likeness (QED) is 0.541. The van der Waals surface area contributed by atoms with Crippen molar-refractivity contribution in [1.82, 2.24) is 4.98 Å². The number of pyridine rings is 1. The summed E-state index contributed by atoms with van der Waals surface area (Å²) in [5, 5.41) is 3.31. The molecule has 1 atom stereocenters. The van der Waals surface area contributed by atoms with Gasteiger partial charge in [0.25, 0.3) is 0 Å². The van der Waals surface area contributed by atoms with Gasteiger partial charge in [-0.1, -0.05) is 12.2 Å². The summed E-state index contributed by atoms with van der Waals surface area (Å²) in [4.78, 5) is 5.20. The Bertz CT molecular complexity index is 938. The van der Waals surface area contributed by atoms with Gasteiger partial charge in [0.15, 0.2) is 12.4 Å². The third-order valence-electron chi connectivity index (χ3n) is 5.63. The highest BCUT2D eigenvalue weighted by Crippen LogP contribution is 2.44. The second-order valence-corrected chi connectivity index (χ2v) is 8.43. The summed E-state index contributed by atoms with van der Waals surface area (Å²) < 4.78 is 17.5. The number of nitrogens with zero attached hydrogens (tertiary/aromatic N) is 1. The van der Waals surface area contributed by atoms with Crippen molar-refractivity contribution in [1.29, 1.82) is 0 Å². The van der Waals surface area contributed by atoms with Crippen LogP contribution in [0.25, 0.3) is 0 Å². The van der Waals surface area contributed by atoms with Gasteiger partial charge < -0.3 is 19.5 Å². The van der Waals surface area contributed by atoms with Crippen LogP contribution in [0.3, 0.4) is 0 Å². The Morgan fingerprint density at radius 2 is 1.90 bits per heavy atom. The van der Waals surface area contributed by atoms with Crippen molar-refractivity contribution in [2.75, 3.05) is 19.2 Å². The van der Waals surface area contributed by atoms with E-state index in [1.165, 1.54) is 5.56 Å². The fourth-order valence-corrected chi connectivity index (χ4v) is 4.13. The Morgan fingerprint density at radius 1 is 1.17 bits per heavy atom. The molecule has 6 heteroatoms. The Labute approximate surface area is 178 Å². The number of ether oxygens (including phenoxy) is 3. The Morgan fingerprint density at radius 3 is 2.55 bits per heavy atom. The van der Waals surface area contributed by atoms with E-state index in [0.717, 1.165) is 58.1 Å². The van der Waals surface area contributed by atoms with Crippen LogP contribution in [0.5, 0.6) is 11.5 Å². The van der Waals surface area contributed by atoms with E-state index in [2.05, 4.69) is 38.0 Å². The van der Waals surface area contributed by atoms with Gasteiger partial charge in [-0.15, -0.1) is 0 Å². The van der Waals surface area contributed by atoms with E-state index >= 15 is 0 Å². The van der Waals surface area contributed by atoms with Crippen molar-refractivity contribution in [3.8, 4) is 11.5 Å². The fraction of sp³-hybridized carbons (Fsp3) is 0.478. The molecule has 0 saturated carbocycles. The molecule has 1 unspecified atom stereocenters. The number of hydrogen-bond donors (Lipinski definition) is 1. The lowest BCUT2D eigenvalue weighted by Gasteiger charge is -2.38. The predicted molar refractivity (Wildman–Crippen MR) is 120 cm³/mol. The first-order chi connectivity index (χ1) is 13.7. The van der Waals surface area contributed by atoms with E-state index < -0.39 is 5.60 Å². The number of anilines is 1. The zero-order valence-electron chi connectivity index (χ0n) is 18.4. The van der Waals surface area contributed by atoms with Crippen molar-refractivity contribution in [2.24, 2.45) is 0 Å². The molecule has 0 spiro atoms. The average molecular weight is 415 g/mol. The van der Waals surface area contributed by atoms with Gasteiger partial charge in [0.05, 0.1) is 0 Å². The summed E-state index contributed by atoms with van der Waals surface area (Å²) in [6.45, 7) is 12.5. The zero-order chi connectivity index (χ0) is 21.3. The van der Waals surface area contributed by atoms with E-state index in [4.69, 9.17) is 26.4 Å². The number of hydrogen-bond acceptors (Lipinski definition) is 5. The van der Waals surface area contributed by atoms with E-state index in [1.807, 2.05) is 26.0 Å². The van der Waals surface area contributed by atoms with Crippen molar-refractivity contribution in [3.63, 3.8) is 0 Å². The number of benzene rings is 1. The molecule has 2 aromatic rings. The third-order valence-corrected chi connectivity index (χ3v) is 6.17. The van der Waals surface area contributed by atoms with Crippen LogP contribution >= 0.6 is 12.2 Å². The molecular weight excluding hydrogens is 384 g/mol. The van der Waals surface area contributed by atoms with Gasteiger partial charge in [-0.25, -0.2) is 4.98 Å². The van der Waals surface area contributed by atoms with Crippen LogP contribution < -0.4 is 14.8 Å². The first-order valence-corrected chi connectivity index (χ1v) is 10.3. The summed E-state index contributed by atoms with van der Waals surface area (Å²) in [7, 11) is 1.63. The number of fused-ring (bicyclic) bond motifs is 1. The van der Waals surface area contributed by atoms with Crippen LogP contribution in [-0.2, 0) is 11.2 Å². The van der Waals surface area contributed by atoms with Gasteiger partial charge in [0, 0.05) is 18.4 Å². The predicted octanol–water partition coefficient (Wildman–Crippen LogP) is 5.13. The summed E-state index contributed by atoms with van der Waals surface area (Å²) in [6, 6.07) is 4.04. The molecule has 1 aromatic heterocycles. The normalized spacial score (nSPS) is 18.0. The Hall–Kier alpha value is -2.18. The van der Waals surface area contributed by atoms with Crippen LogP contribution in [0, 0.1) is 34.6 Å². The van der Waals surface area contributed by atoms with Crippen LogP contribution in [-0.4, -0.2) is 29.5 Å². The second kappa shape index (κ2) is 8.28. The molecule has 1 aromatic carbocycles. The minimum atomic E-state index is -0.597. The van der Waals surface area contributed by atoms with E-state index in [9.17, 15) is 0 Å². The first-order valence-electron chi connectivity index (χ1n) is 9.86. The highest BCUT2D eigenvalue weighted by molar-refractivity contribution is 7.80. The molecule has 156 valence electrons. The van der Waals surface area contributed by atoms with Crippen molar-refractivity contribution in [3.05, 3.63) is 45.6 Å². The van der Waals surface area contributed by atoms with Gasteiger partial charge in [-0.3, -0.25) is 0 Å². The Kier molecular flexibility index (Phi) is 6.15. The van der Waals surface area contributed by atoms with E-state index in [0.29, 0.717) is 4.99 Å². The van der Waals surface area contributed by atoms with Crippen LogP contribution in [0.15, 0.2) is 12.1 Å². The third kappa shape index (κ3) is 4.23. The average Bonchev–Trinajstić information content (AvgIpc) is 2.65. The summed E-state index contributed by atoms with van der Waals surface area (Å²) in [5.41, 5.74) is 5.95. The molecule has 0 bridgehead atoms. The highest BCUT2D eigenvalue weighted by Gasteiger charge is 2.38. The number of aryl methyl sites for hydroxylation is 2. The van der Waals surface area contributed by atoms with E-state index in [1.54, 1.807) is 7.11 Å². The second-order valence-electron chi connectivity index (χ2n) is 8.02. The number of methoxy groups -OCH3 is 1. The zero-order valence-corrected chi connectivity index (χ0v) is 19.2. The molecule has 1 aliphatic rings. The van der Waals surface area contributed by atoms with Crippen molar-refractivity contribution in [2.45, 2.75) is 60.0 Å². The molecule has 29 heavy (non-hydrogen) atoms. The van der Waals surface area contributed by atoms with Crippen LogP contribution in [0.2, 0.25) is 0 Å². The SMILES string of the molecule is COCOc1c(C)c(C)c2c(c1C)CCC(C)(C(=S)Nc1cc(C)cc(C)n1)O2. The molecule has 0 amide bonds. The standard InChI is InChI=1S/C23H30N2O3S/c1-13-10-14(2)24-19(11-13)25-22(29)23(6)9-8-18-17(5)20(27-12-26-7)15(3)16(4)21(18)28-23/h10-11H,8-9,12H2,1-7H3,(H,24,25,29).